The summed E-state index contributed by atoms with van der Waals surface area (Å²) < 4.78 is 5.80. The molecule has 3 heteroatoms. The van der Waals surface area contributed by atoms with Gasteiger partial charge in [-0.25, -0.2) is 0 Å². The zero-order valence-electron chi connectivity index (χ0n) is 10.2. The van der Waals surface area contributed by atoms with Gasteiger partial charge in [-0.05, 0) is 37.5 Å². The lowest BCUT2D eigenvalue weighted by Gasteiger charge is -2.23. The Bertz CT molecular complexity index is 350. The zero-order chi connectivity index (χ0) is 12.2. The maximum absolute atomic E-state index is 6.14. The quantitative estimate of drug-likeness (QED) is 0.856. The summed E-state index contributed by atoms with van der Waals surface area (Å²) in [5.41, 5.74) is 7.50. The molecule has 0 heterocycles. The van der Waals surface area contributed by atoms with Crippen molar-refractivity contribution in [1.29, 1.82) is 0 Å². The molecule has 2 nitrogen and oxygen atoms in total. The minimum absolute atomic E-state index is 0.101. The van der Waals surface area contributed by atoms with E-state index in [0.29, 0.717) is 13.2 Å². The van der Waals surface area contributed by atoms with Crippen molar-refractivity contribution in [2.45, 2.75) is 45.9 Å². The highest BCUT2D eigenvalue weighted by Gasteiger charge is 2.15. The van der Waals surface area contributed by atoms with E-state index in [2.05, 4.69) is 20.8 Å². The lowest BCUT2D eigenvalue weighted by molar-refractivity contribution is -0.0315. The second kappa shape index (κ2) is 5.67. The fourth-order valence-corrected chi connectivity index (χ4v) is 1.47. The van der Waals surface area contributed by atoms with Gasteiger partial charge in [-0.15, -0.1) is 0 Å². The van der Waals surface area contributed by atoms with Crippen LogP contribution in [0, 0.1) is 0 Å². The second-order valence-corrected chi connectivity index (χ2v) is 4.94. The Morgan fingerprint density at radius 2 is 2.06 bits per heavy atom. The molecule has 90 valence electrons. The van der Waals surface area contributed by atoms with Crippen molar-refractivity contribution in [3.05, 3.63) is 34.3 Å². The van der Waals surface area contributed by atoms with E-state index in [4.69, 9.17) is 22.1 Å². The van der Waals surface area contributed by atoms with E-state index in [1.54, 1.807) is 0 Å². The number of hydrogen-bond acceptors (Lipinski definition) is 2. The SMILES string of the molecule is CCC(C)(C)OCc1ccc(CN)cc1Cl. The molecule has 0 atom stereocenters. The summed E-state index contributed by atoms with van der Waals surface area (Å²) in [7, 11) is 0. The van der Waals surface area contributed by atoms with Crippen LogP contribution in [0.1, 0.15) is 38.3 Å². The minimum Gasteiger partial charge on any atom is -0.371 e. The summed E-state index contributed by atoms with van der Waals surface area (Å²) in [5, 5.41) is 0.731. The molecule has 1 aromatic carbocycles. The largest absolute Gasteiger partial charge is 0.371 e. The highest BCUT2D eigenvalue weighted by Crippen LogP contribution is 2.22. The lowest BCUT2D eigenvalue weighted by Crippen LogP contribution is -2.22. The lowest BCUT2D eigenvalue weighted by atomic mass is 10.1. The summed E-state index contributed by atoms with van der Waals surface area (Å²) in [5.74, 6) is 0. The topological polar surface area (TPSA) is 35.2 Å². The van der Waals surface area contributed by atoms with Crippen molar-refractivity contribution in [2.75, 3.05) is 0 Å². The molecule has 0 aliphatic heterocycles. The molecular formula is C13H20ClNO. The second-order valence-electron chi connectivity index (χ2n) is 4.53. The van der Waals surface area contributed by atoms with Gasteiger partial charge in [0.15, 0.2) is 0 Å². The Morgan fingerprint density at radius 3 is 2.56 bits per heavy atom. The Morgan fingerprint density at radius 1 is 1.38 bits per heavy atom. The Labute approximate surface area is 103 Å². The fraction of sp³-hybridized carbons (Fsp3) is 0.538. The van der Waals surface area contributed by atoms with Gasteiger partial charge in [-0.1, -0.05) is 30.7 Å². The Kier molecular flexibility index (Phi) is 4.78. The van der Waals surface area contributed by atoms with E-state index in [1.807, 2.05) is 18.2 Å². The maximum atomic E-state index is 6.14. The van der Waals surface area contributed by atoms with E-state index in [-0.39, 0.29) is 5.60 Å². The summed E-state index contributed by atoms with van der Waals surface area (Å²) in [6.07, 6.45) is 0.978. The molecule has 0 spiro atoms. The van der Waals surface area contributed by atoms with E-state index >= 15 is 0 Å². The van der Waals surface area contributed by atoms with E-state index in [0.717, 1.165) is 22.6 Å². The summed E-state index contributed by atoms with van der Waals surface area (Å²) in [4.78, 5) is 0. The molecule has 1 rings (SSSR count). The zero-order valence-corrected chi connectivity index (χ0v) is 11.0. The van der Waals surface area contributed by atoms with E-state index in [1.165, 1.54) is 0 Å². The number of ether oxygens (including phenoxy) is 1. The van der Waals surface area contributed by atoms with Crippen LogP contribution in [-0.4, -0.2) is 5.60 Å². The van der Waals surface area contributed by atoms with Crippen LogP contribution in [0.5, 0.6) is 0 Å². The van der Waals surface area contributed by atoms with Gasteiger partial charge < -0.3 is 10.5 Å². The molecule has 0 amide bonds. The number of halogens is 1. The fourth-order valence-electron chi connectivity index (χ4n) is 1.21. The van der Waals surface area contributed by atoms with Crippen LogP contribution >= 0.6 is 11.6 Å². The number of benzene rings is 1. The molecule has 1 aromatic rings. The summed E-state index contributed by atoms with van der Waals surface area (Å²) in [6, 6.07) is 5.87. The van der Waals surface area contributed by atoms with Crippen LogP contribution < -0.4 is 5.73 Å². The van der Waals surface area contributed by atoms with Gasteiger partial charge in [-0.2, -0.15) is 0 Å². The van der Waals surface area contributed by atoms with Gasteiger partial charge in [0.1, 0.15) is 0 Å². The van der Waals surface area contributed by atoms with Crippen LogP contribution in [0.4, 0.5) is 0 Å². The number of rotatable bonds is 5. The first-order chi connectivity index (χ1) is 7.48. The van der Waals surface area contributed by atoms with Gasteiger partial charge in [0.25, 0.3) is 0 Å². The van der Waals surface area contributed by atoms with Crippen molar-refractivity contribution in [2.24, 2.45) is 5.73 Å². The third-order valence-electron chi connectivity index (χ3n) is 2.82. The Balaban J connectivity index is 2.68. The molecule has 0 aliphatic rings. The van der Waals surface area contributed by atoms with Crippen LogP contribution in [0.15, 0.2) is 18.2 Å². The molecule has 0 unspecified atom stereocenters. The monoisotopic (exact) mass is 241 g/mol. The molecule has 0 saturated carbocycles. The maximum Gasteiger partial charge on any atom is 0.0738 e. The van der Waals surface area contributed by atoms with Gasteiger partial charge in [0, 0.05) is 11.6 Å². The van der Waals surface area contributed by atoms with Crippen LogP contribution in [0.3, 0.4) is 0 Å². The van der Waals surface area contributed by atoms with Crippen LogP contribution in [0.25, 0.3) is 0 Å². The van der Waals surface area contributed by atoms with E-state index < -0.39 is 0 Å². The smallest absolute Gasteiger partial charge is 0.0738 e. The highest BCUT2D eigenvalue weighted by molar-refractivity contribution is 6.31. The Hall–Kier alpha value is -0.570. The standard InChI is InChI=1S/C13H20ClNO/c1-4-13(2,3)16-9-11-6-5-10(8-15)7-12(11)14/h5-7H,4,8-9,15H2,1-3H3. The third kappa shape index (κ3) is 3.78. The van der Waals surface area contributed by atoms with Crippen molar-refractivity contribution < 1.29 is 4.74 Å². The molecule has 0 bridgehead atoms. The summed E-state index contributed by atoms with van der Waals surface area (Å²) in [6.45, 7) is 7.33. The highest BCUT2D eigenvalue weighted by atomic mass is 35.5. The number of hydrogen-bond donors (Lipinski definition) is 1. The molecule has 2 N–H and O–H groups in total. The molecule has 0 saturated heterocycles. The molecule has 0 fully saturated rings. The summed E-state index contributed by atoms with van der Waals surface area (Å²) >= 11 is 6.14. The predicted molar refractivity (Wildman–Crippen MR) is 68.5 cm³/mol. The molecule has 16 heavy (non-hydrogen) atoms. The van der Waals surface area contributed by atoms with E-state index in [9.17, 15) is 0 Å². The first-order valence-corrected chi connectivity index (χ1v) is 5.97. The first-order valence-electron chi connectivity index (χ1n) is 5.60. The van der Waals surface area contributed by atoms with Crippen LogP contribution in [-0.2, 0) is 17.9 Å². The van der Waals surface area contributed by atoms with Crippen LogP contribution in [0.2, 0.25) is 5.02 Å². The number of nitrogens with two attached hydrogens (primary N) is 1. The van der Waals surface area contributed by atoms with Gasteiger partial charge in [0.2, 0.25) is 0 Å². The molecule has 0 aromatic heterocycles. The molecule has 0 radical (unpaired) electrons. The molecular weight excluding hydrogens is 222 g/mol. The average Bonchev–Trinajstić information content (AvgIpc) is 2.27. The van der Waals surface area contributed by atoms with Gasteiger partial charge in [0.05, 0.1) is 12.2 Å². The average molecular weight is 242 g/mol. The van der Waals surface area contributed by atoms with Gasteiger partial charge in [-0.3, -0.25) is 0 Å². The normalized spacial score (nSPS) is 11.8. The third-order valence-corrected chi connectivity index (χ3v) is 3.17. The van der Waals surface area contributed by atoms with Gasteiger partial charge >= 0.3 is 0 Å². The minimum atomic E-state index is -0.101. The molecule has 0 aliphatic carbocycles. The van der Waals surface area contributed by atoms with Crippen molar-refractivity contribution in [1.82, 2.24) is 0 Å². The first kappa shape index (κ1) is 13.5. The van der Waals surface area contributed by atoms with Crippen molar-refractivity contribution in [3.8, 4) is 0 Å². The van der Waals surface area contributed by atoms with Crippen molar-refractivity contribution >= 4 is 11.6 Å². The van der Waals surface area contributed by atoms with Crippen molar-refractivity contribution in [3.63, 3.8) is 0 Å². The predicted octanol–water partition coefficient (Wildman–Crippen LogP) is 3.50.